The number of benzene rings is 2. The zero-order valence-electron chi connectivity index (χ0n) is 18.5. The van der Waals surface area contributed by atoms with Gasteiger partial charge in [0.2, 0.25) is 11.7 Å². The first-order valence-electron chi connectivity index (χ1n) is 10.6. The van der Waals surface area contributed by atoms with E-state index in [0.717, 1.165) is 0 Å². The Bertz CT molecular complexity index is 1350. The molecule has 5 rings (SSSR count). The molecule has 178 valence electrons. The van der Waals surface area contributed by atoms with Crippen LogP contribution in [0.1, 0.15) is 28.6 Å². The van der Waals surface area contributed by atoms with Crippen molar-refractivity contribution in [2.45, 2.75) is 17.1 Å². The van der Waals surface area contributed by atoms with Crippen LogP contribution in [0.15, 0.2) is 47.0 Å². The van der Waals surface area contributed by atoms with Crippen LogP contribution in [0.25, 0.3) is 11.4 Å². The Labute approximate surface area is 195 Å². The Morgan fingerprint density at radius 1 is 1.15 bits per heavy atom. The van der Waals surface area contributed by atoms with Crippen LogP contribution in [0, 0.1) is 5.82 Å². The number of amides is 1. The fourth-order valence-electron chi connectivity index (χ4n) is 4.70. The highest BCUT2D eigenvalue weighted by atomic mass is 32.2. The van der Waals surface area contributed by atoms with Crippen LogP contribution in [0.2, 0.25) is 0 Å². The topological polar surface area (TPSA) is 112 Å². The van der Waals surface area contributed by atoms with Crippen molar-refractivity contribution in [1.82, 2.24) is 15.0 Å². The maximum atomic E-state index is 13.2. The summed E-state index contributed by atoms with van der Waals surface area (Å²) in [5, 5.41) is 3.96. The van der Waals surface area contributed by atoms with Gasteiger partial charge in [0.1, 0.15) is 22.1 Å². The van der Waals surface area contributed by atoms with Crippen LogP contribution in [0.4, 0.5) is 4.39 Å². The van der Waals surface area contributed by atoms with E-state index in [9.17, 15) is 17.6 Å². The van der Waals surface area contributed by atoms with Crippen LogP contribution in [0.5, 0.6) is 11.5 Å². The van der Waals surface area contributed by atoms with E-state index < -0.39 is 20.5 Å². The molecule has 3 heterocycles. The molecule has 0 aliphatic carbocycles. The fourth-order valence-corrected chi connectivity index (χ4v) is 7.01. The van der Waals surface area contributed by atoms with Crippen molar-refractivity contribution in [2.24, 2.45) is 0 Å². The summed E-state index contributed by atoms with van der Waals surface area (Å²) in [6.45, 7) is 0.0323. The third-order valence-electron chi connectivity index (χ3n) is 6.62. The van der Waals surface area contributed by atoms with Gasteiger partial charge in [0.25, 0.3) is 5.91 Å². The van der Waals surface area contributed by atoms with Crippen LogP contribution >= 0.6 is 0 Å². The van der Waals surface area contributed by atoms with E-state index in [-0.39, 0.29) is 42.3 Å². The van der Waals surface area contributed by atoms with Crippen molar-refractivity contribution in [3.63, 3.8) is 0 Å². The van der Waals surface area contributed by atoms with Crippen molar-refractivity contribution in [1.29, 1.82) is 0 Å². The van der Waals surface area contributed by atoms with Gasteiger partial charge in [0, 0.05) is 24.7 Å². The quantitative estimate of drug-likeness (QED) is 0.540. The summed E-state index contributed by atoms with van der Waals surface area (Å²) in [4.78, 5) is 19.0. The van der Waals surface area contributed by atoms with Crippen molar-refractivity contribution in [3.8, 4) is 22.9 Å². The number of nitrogens with zero attached hydrogens (tertiary/aromatic N) is 3. The molecule has 34 heavy (non-hydrogen) atoms. The molecule has 1 unspecified atom stereocenters. The number of ether oxygens (including phenoxy) is 2. The maximum absolute atomic E-state index is 13.2. The van der Waals surface area contributed by atoms with E-state index in [4.69, 9.17) is 14.0 Å². The van der Waals surface area contributed by atoms with Crippen LogP contribution in [-0.2, 0) is 9.84 Å². The van der Waals surface area contributed by atoms with Gasteiger partial charge in [-0.25, -0.2) is 12.8 Å². The van der Waals surface area contributed by atoms with Gasteiger partial charge in [-0.3, -0.25) is 4.79 Å². The van der Waals surface area contributed by atoms with E-state index in [1.54, 1.807) is 18.2 Å². The molecule has 0 N–H and O–H groups in total. The van der Waals surface area contributed by atoms with E-state index in [0.29, 0.717) is 29.0 Å². The van der Waals surface area contributed by atoms with Crippen LogP contribution in [-0.4, -0.2) is 67.2 Å². The lowest BCUT2D eigenvalue weighted by Crippen LogP contribution is -2.67. The van der Waals surface area contributed by atoms with Crippen molar-refractivity contribution >= 4 is 15.7 Å². The molecule has 1 atom stereocenters. The van der Waals surface area contributed by atoms with Gasteiger partial charge in [0.15, 0.2) is 9.84 Å². The Balaban J connectivity index is 1.40. The molecule has 2 aliphatic rings. The molecular weight excluding hydrogens is 465 g/mol. The molecule has 0 radical (unpaired) electrons. The minimum atomic E-state index is -3.51. The highest BCUT2D eigenvalue weighted by Gasteiger charge is 2.64. The molecule has 2 aromatic carbocycles. The van der Waals surface area contributed by atoms with Gasteiger partial charge >= 0.3 is 0 Å². The second-order valence-corrected chi connectivity index (χ2v) is 10.9. The van der Waals surface area contributed by atoms with Gasteiger partial charge in [0.05, 0.1) is 31.5 Å². The molecule has 0 bridgehead atoms. The maximum Gasteiger partial charge on any atom is 0.257 e. The fraction of sp³-hybridized carbons (Fsp3) is 0.348. The molecule has 2 fully saturated rings. The molecule has 2 aliphatic heterocycles. The Hall–Kier alpha value is -3.47. The predicted molar refractivity (Wildman–Crippen MR) is 119 cm³/mol. The molecule has 1 amide bonds. The van der Waals surface area contributed by atoms with E-state index in [1.807, 2.05) is 0 Å². The average molecular weight is 488 g/mol. The third kappa shape index (κ3) is 3.42. The lowest BCUT2D eigenvalue weighted by Gasteiger charge is -2.49. The summed E-state index contributed by atoms with van der Waals surface area (Å²) in [6, 6.07) is 10.5. The summed E-state index contributed by atoms with van der Waals surface area (Å²) < 4.78 is 54.1. The normalized spacial score (nSPS) is 20.2. The molecule has 0 saturated carbocycles. The molecule has 9 nitrogen and oxygen atoms in total. The monoisotopic (exact) mass is 487 g/mol. The van der Waals surface area contributed by atoms with Crippen molar-refractivity contribution in [3.05, 3.63) is 59.7 Å². The summed E-state index contributed by atoms with van der Waals surface area (Å²) in [6.07, 6.45) is 0.321. The Morgan fingerprint density at radius 3 is 2.56 bits per heavy atom. The second kappa shape index (κ2) is 8.08. The van der Waals surface area contributed by atoms with Crippen molar-refractivity contribution in [2.75, 3.05) is 33.1 Å². The molecule has 11 heteroatoms. The first kappa shape index (κ1) is 22.3. The standard InChI is InChI=1S/C23H22FN3O6S/c1-31-16-7-8-17(19(11-16)32-2)22(28)27-12-23(13-27)18(9-10-34(23,29)30)21-25-20(26-33-21)14-3-5-15(24)6-4-14/h3-8,11,18H,9-10,12-13H2,1-2H3. The summed E-state index contributed by atoms with van der Waals surface area (Å²) in [5.41, 5.74) is 0.879. The van der Waals surface area contributed by atoms with Gasteiger partial charge in [-0.2, -0.15) is 4.98 Å². The van der Waals surface area contributed by atoms with E-state index in [1.165, 1.54) is 43.4 Å². The lowest BCUT2D eigenvalue weighted by atomic mass is 9.82. The number of sulfone groups is 1. The summed E-state index contributed by atoms with van der Waals surface area (Å²) >= 11 is 0. The number of rotatable bonds is 5. The highest BCUT2D eigenvalue weighted by Crippen LogP contribution is 2.50. The number of aromatic nitrogens is 2. The van der Waals surface area contributed by atoms with Crippen LogP contribution in [0.3, 0.4) is 0 Å². The molecule has 2 saturated heterocycles. The summed E-state index contributed by atoms with van der Waals surface area (Å²) in [7, 11) is -0.539. The molecule has 3 aromatic rings. The minimum Gasteiger partial charge on any atom is -0.497 e. The smallest absolute Gasteiger partial charge is 0.257 e. The average Bonchev–Trinajstić information content (AvgIpc) is 3.39. The number of methoxy groups -OCH3 is 2. The summed E-state index contributed by atoms with van der Waals surface area (Å²) in [5.74, 6) is 0.0572. The number of carbonyl (C=O) groups excluding carboxylic acids is 1. The number of likely N-dealkylation sites (tertiary alicyclic amines) is 1. The Morgan fingerprint density at radius 2 is 1.88 bits per heavy atom. The van der Waals surface area contributed by atoms with Gasteiger partial charge in [-0.1, -0.05) is 5.16 Å². The molecular formula is C23H22FN3O6S. The number of hydrogen-bond donors (Lipinski definition) is 0. The van der Waals surface area contributed by atoms with Gasteiger partial charge in [-0.15, -0.1) is 0 Å². The second-order valence-electron chi connectivity index (χ2n) is 8.42. The molecule has 1 spiro atoms. The van der Waals surface area contributed by atoms with Gasteiger partial charge < -0.3 is 18.9 Å². The predicted octanol–water partition coefficient (Wildman–Crippen LogP) is 2.69. The van der Waals surface area contributed by atoms with Gasteiger partial charge in [-0.05, 0) is 42.8 Å². The van der Waals surface area contributed by atoms with Crippen molar-refractivity contribution < 1.29 is 31.6 Å². The number of carbonyl (C=O) groups is 1. The van der Waals surface area contributed by atoms with Crippen LogP contribution < -0.4 is 9.47 Å². The van der Waals surface area contributed by atoms with E-state index in [2.05, 4.69) is 10.1 Å². The third-order valence-corrected chi connectivity index (χ3v) is 9.17. The minimum absolute atomic E-state index is 0.0161. The first-order chi connectivity index (χ1) is 16.3. The Kier molecular flexibility index (Phi) is 5.31. The SMILES string of the molecule is COc1ccc(C(=O)N2CC3(C2)C(c2nc(-c4ccc(F)cc4)no2)CCS3(=O)=O)c(OC)c1. The largest absolute Gasteiger partial charge is 0.497 e. The number of hydrogen-bond acceptors (Lipinski definition) is 8. The molecule has 1 aromatic heterocycles. The number of halogens is 1. The lowest BCUT2D eigenvalue weighted by molar-refractivity contribution is 0.0500. The zero-order chi connectivity index (χ0) is 24.1. The highest BCUT2D eigenvalue weighted by molar-refractivity contribution is 7.93. The first-order valence-corrected chi connectivity index (χ1v) is 12.3. The zero-order valence-corrected chi connectivity index (χ0v) is 19.3. The van der Waals surface area contributed by atoms with E-state index >= 15 is 0 Å².